The Morgan fingerprint density at radius 2 is 1.56 bits per heavy atom. The number of hydrogen-bond acceptors (Lipinski definition) is 1. The van der Waals surface area contributed by atoms with Crippen molar-refractivity contribution in [2.24, 2.45) is 0 Å². The zero-order valence-electron chi connectivity index (χ0n) is 15.1. The molecule has 2 aromatic rings. The molecule has 0 bridgehead atoms. The Morgan fingerprint density at radius 3 is 2.28 bits per heavy atom. The van der Waals surface area contributed by atoms with Gasteiger partial charge in [0.1, 0.15) is 32.7 Å². The summed E-state index contributed by atoms with van der Waals surface area (Å²) < 4.78 is 0. The van der Waals surface area contributed by atoms with Gasteiger partial charge in [0, 0.05) is 12.1 Å². The van der Waals surface area contributed by atoms with Gasteiger partial charge >= 0.3 is 0 Å². The summed E-state index contributed by atoms with van der Waals surface area (Å²) in [6, 6.07) is 18.7. The smallest absolute Gasteiger partial charge is 0.275 e. The second kappa shape index (κ2) is 8.79. The zero-order valence-corrected chi connectivity index (χ0v) is 15.1. The maximum atomic E-state index is 12.2. The number of nitrogens with one attached hydrogen (secondary N) is 3. The third-order valence-corrected chi connectivity index (χ3v) is 5.11. The molecule has 0 saturated carbocycles. The highest BCUT2D eigenvalue weighted by molar-refractivity contribution is 5.76. The molecule has 3 rings (SSSR count). The van der Waals surface area contributed by atoms with Crippen molar-refractivity contribution in [1.82, 2.24) is 5.32 Å². The third-order valence-electron chi connectivity index (χ3n) is 5.11. The molecular weight excluding hydrogens is 310 g/mol. The Morgan fingerprint density at radius 1 is 0.920 bits per heavy atom. The topological polar surface area (TPSA) is 38.0 Å². The van der Waals surface area contributed by atoms with E-state index in [0.717, 1.165) is 38.3 Å². The maximum absolute atomic E-state index is 12.2. The number of benzene rings is 2. The first-order chi connectivity index (χ1) is 12.2. The van der Waals surface area contributed by atoms with Crippen molar-refractivity contribution in [1.29, 1.82) is 0 Å². The molecule has 25 heavy (non-hydrogen) atoms. The number of hydrogen-bond donors (Lipinski definition) is 3. The molecule has 3 N–H and O–H groups in total. The molecule has 0 aromatic heterocycles. The van der Waals surface area contributed by atoms with Crippen LogP contribution in [-0.2, 0) is 17.9 Å². The molecule has 0 radical (unpaired) electrons. The Labute approximate surface area is 150 Å². The van der Waals surface area contributed by atoms with Gasteiger partial charge in [0.15, 0.2) is 6.54 Å². The van der Waals surface area contributed by atoms with Crippen LogP contribution in [0.2, 0.25) is 0 Å². The number of rotatable bonds is 6. The lowest BCUT2D eigenvalue weighted by molar-refractivity contribution is -1.02. The van der Waals surface area contributed by atoms with E-state index < -0.39 is 0 Å². The van der Waals surface area contributed by atoms with Crippen molar-refractivity contribution >= 4 is 5.91 Å². The van der Waals surface area contributed by atoms with E-state index in [0.29, 0.717) is 13.1 Å². The van der Waals surface area contributed by atoms with Crippen LogP contribution >= 0.6 is 0 Å². The van der Waals surface area contributed by atoms with Crippen LogP contribution in [0.1, 0.15) is 16.7 Å². The van der Waals surface area contributed by atoms with Crippen LogP contribution in [0.25, 0.3) is 0 Å². The number of amides is 1. The highest BCUT2D eigenvalue weighted by Crippen LogP contribution is 2.04. The number of quaternary nitrogens is 2. The minimum absolute atomic E-state index is 0.154. The van der Waals surface area contributed by atoms with Crippen molar-refractivity contribution < 1.29 is 14.6 Å². The van der Waals surface area contributed by atoms with Crippen molar-refractivity contribution in [2.75, 3.05) is 32.7 Å². The minimum Gasteiger partial charge on any atom is -0.347 e. The summed E-state index contributed by atoms with van der Waals surface area (Å²) in [4.78, 5) is 15.2. The SMILES string of the molecule is Cc1ccccc1C[NH+]1CC[NH+](CC(=O)NCc2ccccc2)CC1. The predicted octanol–water partition coefficient (Wildman–Crippen LogP) is -0.405. The van der Waals surface area contributed by atoms with Crippen LogP contribution < -0.4 is 15.1 Å². The van der Waals surface area contributed by atoms with E-state index in [-0.39, 0.29) is 5.91 Å². The van der Waals surface area contributed by atoms with Gasteiger partial charge in [0.25, 0.3) is 5.91 Å². The molecule has 1 saturated heterocycles. The molecule has 1 fully saturated rings. The van der Waals surface area contributed by atoms with Crippen molar-refractivity contribution in [3.05, 3.63) is 71.3 Å². The van der Waals surface area contributed by atoms with E-state index in [1.54, 1.807) is 4.90 Å². The molecule has 0 unspecified atom stereocenters. The standard InChI is InChI=1S/C21H27N3O/c1-18-7-5-6-10-20(18)16-23-11-13-24(14-12-23)17-21(25)22-15-19-8-3-2-4-9-19/h2-10H,11-17H2,1H3,(H,22,25)/p+2. The van der Waals surface area contributed by atoms with E-state index >= 15 is 0 Å². The molecule has 1 aliphatic rings. The molecule has 1 heterocycles. The second-order valence-corrected chi connectivity index (χ2v) is 7.04. The molecule has 1 aliphatic heterocycles. The first kappa shape index (κ1) is 17.6. The van der Waals surface area contributed by atoms with Gasteiger partial charge in [0.05, 0.1) is 0 Å². The largest absolute Gasteiger partial charge is 0.347 e. The summed E-state index contributed by atoms with van der Waals surface area (Å²) in [5.41, 5.74) is 3.98. The molecule has 0 aliphatic carbocycles. The van der Waals surface area contributed by atoms with E-state index in [4.69, 9.17) is 0 Å². The molecule has 4 heteroatoms. The van der Waals surface area contributed by atoms with Gasteiger partial charge in [-0.15, -0.1) is 0 Å². The van der Waals surface area contributed by atoms with Crippen LogP contribution in [0, 0.1) is 6.92 Å². The molecule has 132 valence electrons. The van der Waals surface area contributed by atoms with E-state index in [1.165, 1.54) is 16.0 Å². The fourth-order valence-electron chi connectivity index (χ4n) is 3.47. The van der Waals surface area contributed by atoms with Gasteiger partial charge in [-0.05, 0) is 18.1 Å². The fourth-order valence-corrected chi connectivity index (χ4v) is 3.47. The number of aryl methyl sites for hydroxylation is 1. The molecule has 2 aromatic carbocycles. The summed E-state index contributed by atoms with van der Waals surface area (Å²) in [5, 5.41) is 3.04. The normalized spacial score (nSPS) is 20.2. The van der Waals surface area contributed by atoms with E-state index in [9.17, 15) is 4.79 Å². The highest BCUT2D eigenvalue weighted by Gasteiger charge is 2.24. The molecular formula is C21H29N3O+2. The molecule has 4 nitrogen and oxygen atoms in total. The maximum Gasteiger partial charge on any atom is 0.275 e. The molecule has 1 amide bonds. The summed E-state index contributed by atoms with van der Waals surface area (Å²) >= 11 is 0. The van der Waals surface area contributed by atoms with Crippen LogP contribution in [0.5, 0.6) is 0 Å². The lowest BCUT2D eigenvalue weighted by Gasteiger charge is -2.29. The van der Waals surface area contributed by atoms with Crippen molar-refractivity contribution in [3.8, 4) is 0 Å². The van der Waals surface area contributed by atoms with Gasteiger partial charge in [-0.1, -0.05) is 54.6 Å². The van der Waals surface area contributed by atoms with Crippen molar-refractivity contribution in [3.63, 3.8) is 0 Å². The second-order valence-electron chi connectivity index (χ2n) is 7.04. The first-order valence-electron chi connectivity index (χ1n) is 9.23. The van der Waals surface area contributed by atoms with Crippen molar-refractivity contribution in [2.45, 2.75) is 20.0 Å². The Hall–Kier alpha value is -2.17. The predicted molar refractivity (Wildman–Crippen MR) is 99.4 cm³/mol. The zero-order chi connectivity index (χ0) is 17.5. The summed E-state index contributed by atoms with van der Waals surface area (Å²) in [6.45, 7) is 8.90. The summed E-state index contributed by atoms with van der Waals surface area (Å²) in [7, 11) is 0. The van der Waals surface area contributed by atoms with Crippen LogP contribution in [0.15, 0.2) is 54.6 Å². The molecule has 0 spiro atoms. The first-order valence-corrected chi connectivity index (χ1v) is 9.23. The van der Waals surface area contributed by atoms with Crippen LogP contribution in [0.3, 0.4) is 0 Å². The van der Waals surface area contributed by atoms with Gasteiger partial charge < -0.3 is 15.1 Å². The fraction of sp³-hybridized carbons (Fsp3) is 0.381. The van der Waals surface area contributed by atoms with E-state index in [2.05, 4.69) is 36.5 Å². The van der Waals surface area contributed by atoms with Gasteiger partial charge in [0.2, 0.25) is 0 Å². The van der Waals surface area contributed by atoms with Gasteiger partial charge in [-0.3, -0.25) is 4.79 Å². The minimum atomic E-state index is 0.154. The van der Waals surface area contributed by atoms with Gasteiger partial charge in [-0.25, -0.2) is 0 Å². The Bertz CT molecular complexity index is 679. The van der Waals surface area contributed by atoms with Crippen LogP contribution in [0.4, 0.5) is 0 Å². The number of carbonyl (C=O) groups excluding carboxylic acids is 1. The summed E-state index contributed by atoms with van der Waals surface area (Å²) in [5.74, 6) is 0.154. The highest BCUT2D eigenvalue weighted by atomic mass is 16.2. The quantitative estimate of drug-likeness (QED) is 0.658. The monoisotopic (exact) mass is 339 g/mol. The van der Waals surface area contributed by atoms with E-state index in [1.807, 2.05) is 30.3 Å². The molecule has 0 atom stereocenters. The summed E-state index contributed by atoms with van der Waals surface area (Å²) in [6.07, 6.45) is 0. The van der Waals surface area contributed by atoms with Crippen LogP contribution in [-0.4, -0.2) is 38.6 Å². The average Bonchev–Trinajstić information content (AvgIpc) is 2.64. The third kappa shape index (κ3) is 5.41. The average molecular weight is 339 g/mol. The lowest BCUT2D eigenvalue weighted by Crippen LogP contribution is -3.28. The number of carbonyl (C=O) groups is 1. The lowest BCUT2D eigenvalue weighted by atomic mass is 10.1. The number of piperazine rings is 1. The Balaban J connectivity index is 1.39. The Kier molecular flexibility index (Phi) is 6.20. The van der Waals surface area contributed by atoms with Gasteiger partial charge in [-0.2, -0.15) is 0 Å².